The van der Waals surface area contributed by atoms with Crippen LogP contribution in [0.25, 0.3) is 5.82 Å². The maximum atomic E-state index is 12.1. The van der Waals surface area contributed by atoms with Crippen LogP contribution < -0.4 is 10.6 Å². The summed E-state index contributed by atoms with van der Waals surface area (Å²) in [5.41, 5.74) is 0.994. The number of aromatic nitrogens is 3. The molecule has 6 heteroatoms. The number of imidazole rings is 1. The molecule has 0 aliphatic carbocycles. The Morgan fingerprint density at radius 3 is 2.82 bits per heavy atom. The van der Waals surface area contributed by atoms with E-state index in [9.17, 15) is 4.79 Å². The fourth-order valence-corrected chi connectivity index (χ4v) is 2.51. The second-order valence-electron chi connectivity index (χ2n) is 5.79. The van der Waals surface area contributed by atoms with E-state index < -0.39 is 0 Å². The monoisotopic (exact) mass is 299 g/mol. The molecule has 1 unspecified atom stereocenters. The van der Waals surface area contributed by atoms with Crippen molar-refractivity contribution in [2.75, 3.05) is 13.1 Å². The average Bonchev–Trinajstić information content (AvgIpc) is 2.89. The standard InChI is InChI=1S/C16H21N5O/c1-11(14-9-17-10-14)16(22)20-8-13-3-4-15(19-7-13)21-6-5-18-12(21)2/h3-7,11,14,17H,8-10H2,1-2H3,(H,20,22). The van der Waals surface area contributed by atoms with Gasteiger partial charge in [-0.3, -0.25) is 9.36 Å². The molecule has 0 saturated carbocycles. The summed E-state index contributed by atoms with van der Waals surface area (Å²) in [4.78, 5) is 20.7. The number of nitrogens with one attached hydrogen (secondary N) is 2. The molecule has 0 radical (unpaired) electrons. The van der Waals surface area contributed by atoms with E-state index in [2.05, 4.69) is 20.6 Å². The van der Waals surface area contributed by atoms with Crippen LogP contribution in [0.1, 0.15) is 18.3 Å². The molecule has 3 heterocycles. The molecular weight excluding hydrogens is 278 g/mol. The molecule has 6 nitrogen and oxygen atoms in total. The van der Waals surface area contributed by atoms with Gasteiger partial charge in [-0.25, -0.2) is 9.97 Å². The average molecular weight is 299 g/mol. The van der Waals surface area contributed by atoms with Crippen molar-refractivity contribution in [1.29, 1.82) is 0 Å². The zero-order chi connectivity index (χ0) is 15.5. The minimum atomic E-state index is 0.0575. The minimum absolute atomic E-state index is 0.0575. The predicted molar refractivity (Wildman–Crippen MR) is 83.5 cm³/mol. The quantitative estimate of drug-likeness (QED) is 0.865. The molecule has 2 aromatic heterocycles. The number of hydrogen-bond acceptors (Lipinski definition) is 4. The first kappa shape index (κ1) is 14.7. The summed E-state index contributed by atoms with van der Waals surface area (Å²) in [5.74, 6) is 2.36. The number of aryl methyl sites for hydroxylation is 1. The van der Waals surface area contributed by atoms with Gasteiger partial charge in [0.15, 0.2) is 0 Å². The van der Waals surface area contributed by atoms with E-state index in [0.29, 0.717) is 12.5 Å². The van der Waals surface area contributed by atoms with Gasteiger partial charge in [-0.1, -0.05) is 13.0 Å². The zero-order valence-electron chi connectivity index (χ0n) is 12.9. The summed E-state index contributed by atoms with van der Waals surface area (Å²) < 4.78 is 1.92. The van der Waals surface area contributed by atoms with Crippen molar-refractivity contribution >= 4 is 5.91 Å². The summed E-state index contributed by atoms with van der Waals surface area (Å²) in [6.07, 6.45) is 5.43. The van der Waals surface area contributed by atoms with Gasteiger partial charge in [0.1, 0.15) is 11.6 Å². The van der Waals surface area contributed by atoms with E-state index in [1.165, 1.54) is 0 Å². The lowest BCUT2D eigenvalue weighted by molar-refractivity contribution is -0.126. The van der Waals surface area contributed by atoms with Crippen molar-refractivity contribution in [2.45, 2.75) is 20.4 Å². The maximum absolute atomic E-state index is 12.1. The van der Waals surface area contributed by atoms with E-state index in [0.717, 1.165) is 30.3 Å². The molecule has 1 saturated heterocycles. The number of hydrogen-bond donors (Lipinski definition) is 2. The maximum Gasteiger partial charge on any atom is 0.223 e. The number of amides is 1. The summed E-state index contributed by atoms with van der Waals surface area (Å²) in [6.45, 7) is 6.32. The summed E-state index contributed by atoms with van der Waals surface area (Å²) in [5, 5.41) is 6.19. The number of rotatable bonds is 5. The SMILES string of the molecule is Cc1nccn1-c1ccc(CNC(=O)C(C)C2CNC2)cn1. The van der Waals surface area contributed by atoms with Gasteiger partial charge in [0.05, 0.1) is 0 Å². The van der Waals surface area contributed by atoms with Crippen LogP contribution in [0.4, 0.5) is 0 Å². The Kier molecular flexibility index (Phi) is 4.20. The first-order valence-electron chi connectivity index (χ1n) is 7.59. The number of carbonyl (C=O) groups is 1. The van der Waals surface area contributed by atoms with Crippen molar-refractivity contribution < 1.29 is 4.79 Å². The Balaban J connectivity index is 1.57. The Morgan fingerprint density at radius 1 is 1.45 bits per heavy atom. The largest absolute Gasteiger partial charge is 0.352 e. The first-order valence-corrected chi connectivity index (χ1v) is 7.59. The fourth-order valence-electron chi connectivity index (χ4n) is 2.51. The zero-order valence-corrected chi connectivity index (χ0v) is 12.9. The number of pyridine rings is 1. The van der Waals surface area contributed by atoms with Crippen molar-refractivity contribution in [3.63, 3.8) is 0 Å². The normalized spacial score (nSPS) is 16.1. The van der Waals surface area contributed by atoms with E-state index in [1.54, 1.807) is 12.4 Å². The molecule has 1 fully saturated rings. The Morgan fingerprint density at radius 2 is 2.27 bits per heavy atom. The van der Waals surface area contributed by atoms with Crippen LogP contribution in [0.3, 0.4) is 0 Å². The third kappa shape index (κ3) is 3.01. The summed E-state index contributed by atoms with van der Waals surface area (Å²) in [7, 11) is 0. The topological polar surface area (TPSA) is 71.8 Å². The van der Waals surface area contributed by atoms with Crippen LogP contribution >= 0.6 is 0 Å². The number of nitrogens with zero attached hydrogens (tertiary/aromatic N) is 3. The summed E-state index contributed by atoms with van der Waals surface area (Å²) in [6, 6.07) is 3.92. The first-order chi connectivity index (χ1) is 10.6. The highest BCUT2D eigenvalue weighted by Crippen LogP contribution is 2.16. The van der Waals surface area contributed by atoms with Crippen molar-refractivity contribution in [3.8, 4) is 5.82 Å². The highest BCUT2D eigenvalue weighted by atomic mass is 16.1. The van der Waals surface area contributed by atoms with Crippen LogP contribution in [0.15, 0.2) is 30.7 Å². The van der Waals surface area contributed by atoms with Crippen molar-refractivity contribution in [2.24, 2.45) is 11.8 Å². The van der Waals surface area contributed by atoms with Gasteiger partial charge < -0.3 is 10.6 Å². The highest BCUT2D eigenvalue weighted by Gasteiger charge is 2.28. The highest BCUT2D eigenvalue weighted by molar-refractivity contribution is 5.78. The Labute approximate surface area is 130 Å². The smallest absolute Gasteiger partial charge is 0.223 e. The third-order valence-electron chi connectivity index (χ3n) is 4.28. The number of carbonyl (C=O) groups excluding carboxylic acids is 1. The van der Waals surface area contributed by atoms with Gasteiger partial charge in [-0.05, 0) is 37.6 Å². The molecule has 0 spiro atoms. The molecule has 1 atom stereocenters. The van der Waals surface area contributed by atoms with Crippen LogP contribution in [-0.4, -0.2) is 33.5 Å². The van der Waals surface area contributed by atoms with Gasteiger partial charge in [-0.2, -0.15) is 0 Å². The van der Waals surface area contributed by atoms with Gasteiger partial charge >= 0.3 is 0 Å². The fraction of sp³-hybridized carbons (Fsp3) is 0.438. The lowest BCUT2D eigenvalue weighted by Gasteiger charge is -2.31. The molecule has 0 aromatic carbocycles. The minimum Gasteiger partial charge on any atom is -0.352 e. The van der Waals surface area contributed by atoms with Gasteiger partial charge in [0.2, 0.25) is 5.91 Å². The molecule has 22 heavy (non-hydrogen) atoms. The van der Waals surface area contributed by atoms with Crippen LogP contribution in [0.2, 0.25) is 0 Å². The van der Waals surface area contributed by atoms with Crippen LogP contribution in [-0.2, 0) is 11.3 Å². The van der Waals surface area contributed by atoms with Gasteiger partial charge in [0.25, 0.3) is 0 Å². The molecule has 2 N–H and O–H groups in total. The molecule has 1 aliphatic rings. The second-order valence-corrected chi connectivity index (χ2v) is 5.79. The molecule has 116 valence electrons. The van der Waals surface area contributed by atoms with Gasteiger partial charge in [-0.15, -0.1) is 0 Å². The molecule has 1 amide bonds. The van der Waals surface area contributed by atoms with Gasteiger partial charge in [0, 0.05) is 31.1 Å². The lowest BCUT2D eigenvalue weighted by Crippen LogP contribution is -2.49. The van der Waals surface area contributed by atoms with Crippen molar-refractivity contribution in [1.82, 2.24) is 25.2 Å². The second kappa shape index (κ2) is 6.27. The van der Waals surface area contributed by atoms with E-state index in [1.807, 2.05) is 36.7 Å². The van der Waals surface area contributed by atoms with Crippen molar-refractivity contribution in [3.05, 3.63) is 42.1 Å². The molecule has 1 aliphatic heterocycles. The summed E-state index contributed by atoms with van der Waals surface area (Å²) >= 11 is 0. The van der Waals surface area contributed by atoms with Crippen LogP contribution in [0, 0.1) is 18.8 Å². The molecule has 2 aromatic rings. The van der Waals surface area contributed by atoms with Crippen LogP contribution in [0.5, 0.6) is 0 Å². The molecule has 0 bridgehead atoms. The lowest BCUT2D eigenvalue weighted by atomic mass is 9.88. The predicted octanol–water partition coefficient (Wildman–Crippen LogP) is 1.05. The third-order valence-corrected chi connectivity index (χ3v) is 4.28. The Bertz CT molecular complexity index is 645. The van der Waals surface area contributed by atoms with E-state index in [-0.39, 0.29) is 11.8 Å². The van der Waals surface area contributed by atoms with E-state index in [4.69, 9.17) is 0 Å². The van der Waals surface area contributed by atoms with E-state index >= 15 is 0 Å². The molecule has 3 rings (SSSR count). The molecular formula is C16H21N5O. The Hall–Kier alpha value is -2.21.